The summed E-state index contributed by atoms with van der Waals surface area (Å²) in [4.78, 5) is 12.6. The molecule has 158 valence electrons. The van der Waals surface area contributed by atoms with Crippen LogP contribution in [-0.2, 0) is 10.2 Å². The molecule has 1 unspecified atom stereocenters. The zero-order valence-electron chi connectivity index (χ0n) is 17.9. The van der Waals surface area contributed by atoms with E-state index in [0.29, 0.717) is 18.1 Å². The molecule has 1 N–H and O–H groups in total. The molecular formula is C23H27N3O4. The van der Waals surface area contributed by atoms with Gasteiger partial charge in [0, 0.05) is 5.56 Å². The minimum absolute atomic E-state index is 0.0543. The third-order valence-corrected chi connectivity index (χ3v) is 4.57. The van der Waals surface area contributed by atoms with E-state index in [1.165, 1.54) is 5.56 Å². The predicted octanol–water partition coefficient (Wildman–Crippen LogP) is 4.84. The van der Waals surface area contributed by atoms with E-state index in [9.17, 15) is 4.79 Å². The molecule has 1 amide bonds. The topological polar surface area (TPSA) is 86.5 Å². The molecule has 0 aliphatic heterocycles. The maximum absolute atomic E-state index is 12.6. The number of ether oxygens (including phenoxy) is 2. The van der Waals surface area contributed by atoms with E-state index < -0.39 is 6.10 Å². The van der Waals surface area contributed by atoms with Gasteiger partial charge in [-0.3, -0.25) is 4.79 Å². The Hall–Kier alpha value is -3.35. The molecule has 1 atom stereocenters. The van der Waals surface area contributed by atoms with Gasteiger partial charge in [0.1, 0.15) is 11.5 Å². The van der Waals surface area contributed by atoms with Gasteiger partial charge in [-0.15, -0.1) is 0 Å². The van der Waals surface area contributed by atoms with Crippen molar-refractivity contribution in [3.05, 3.63) is 54.1 Å². The van der Waals surface area contributed by atoms with Crippen molar-refractivity contribution in [2.45, 2.75) is 46.1 Å². The number of anilines is 1. The molecule has 0 bridgehead atoms. The Bertz CT molecular complexity index is 973. The summed E-state index contributed by atoms with van der Waals surface area (Å²) in [5, 5.41) is 10.4. The van der Waals surface area contributed by atoms with E-state index in [2.05, 4.69) is 36.4 Å². The van der Waals surface area contributed by atoms with E-state index in [1.807, 2.05) is 55.5 Å². The molecule has 2 aromatic carbocycles. The highest BCUT2D eigenvalue weighted by Crippen LogP contribution is 2.27. The van der Waals surface area contributed by atoms with E-state index in [-0.39, 0.29) is 17.1 Å². The number of nitrogens with zero attached hydrogens (tertiary/aromatic N) is 2. The minimum atomic E-state index is -0.727. The molecular weight excluding hydrogens is 382 g/mol. The number of rotatable bonds is 7. The Morgan fingerprint density at radius 3 is 2.27 bits per heavy atom. The summed E-state index contributed by atoms with van der Waals surface area (Å²) in [5.74, 6) is 1.26. The number of hydrogen-bond acceptors (Lipinski definition) is 6. The summed E-state index contributed by atoms with van der Waals surface area (Å²) in [5.41, 5.74) is 2.44. The Balaban J connectivity index is 1.65. The first-order chi connectivity index (χ1) is 14.3. The highest BCUT2D eigenvalue weighted by atomic mass is 16.6. The Labute approximate surface area is 176 Å². The Morgan fingerprint density at radius 2 is 1.67 bits per heavy atom. The van der Waals surface area contributed by atoms with Crippen LogP contribution in [-0.4, -0.2) is 28.9 Å². The molecule has 0 saturated heterocycles. The van der Waals surface area contributed by atoms with Crippen molar-refractivity contribution < 1.29 is 18.9 Å². The second-order valence-corrected chi connectivity index (χ2v) is 7.94. The van der Waals surface area contributed by atoms with Crippen LogP contribution in [0.5, 0.6) is 11.5 Å². The average Bonchev–Trinajstić information content (AvgIpc) is 3.16. The lowest BCUT2D eigenvalue weighted by atomic mass is 9.87. The van der Waals surface area contributed by atoms with Gasteiger partial charge in [-0.05, 0) is 71.5 Å². The fraction of sp³-hybridized carbons (Fsp3) is 0.348. The van der Waals surface area contributed by atoms with Gasteiger partial charge in [-0.25, -0.2) is 4.63 Å². The fourth-order valence-electron chi connectivity index (χ4n) is 2.85. The van der Waals surface area contributed by atoms with E-state index in [1.54, 1.807) is 6.92 Å². The molecule has 1 aromatic heterocycles. The number of aromatic nitrogens is 2. The van der Waals surface area contributed by atoms with Gasteiger partial charge < -0.3 is 14.8 Å². The summed E-state index contributed by atoms with van der Waals surface area (Å²) in [6.07, 6.45) is -0.727. The van der Waals surface area contributed by atoms with E-state index in [4.69, 9.17) is 14.1 Å². The predicted molar refractivity (Wildman–Crippen MR) is 115 cm³/mol. The highest BCUT2D eigenvalue weighted by Gasteiger charge is 2.21. The zero-order chi connectivity index (χ0) is 21.7. The van der Waals surface area contributed by atoms with Crippen molar-refractivity contribution in [2.75, 3.05) is 11.9 Å². The first-order valence-corrected chi connectivity index (χ1v) is 9.91. The Morgan fingerprint density at radius 1 is 1.03 bits per heavy atom. The molecule has 0 saturated carbocycles. The number of benzene rings is 2. The second-order valence-electron chi connectivity index (χ2n) is 7.94. The van der Waals surface area contributed by atoms with Crippen molar-refractivity contribution >= 4 is 11.7 Å². The monoisotopic (exact) mass is 409 g/mol. The number of nitrogens with one attached hydrogen (secondary N) is 1. The van der Waals surface area contributed by atoms with Crippen LogP contribution in [0.1, 0.15) is 40.2 Å². The van der Waals surface area contributed by atoms with Gasteiger partial charge in [-0.2, -0.15) is 0 Å². The van der Waals surface area contributed by atoms with Gasteiger partial charge in [-0.1, -0.05) is 32.9 Å². The van der Waals surface area contributed by atoms with Gasteiger partial charge in [0.05, 0.1) is 6.61 Å². The molecule has 7 heteroatoms. The number of hydrogen-bond donors (Lipinski definition) is 1. The first kappa shape index (κ1) is 21.4. The van der Waals surface area contributed by atoms with Gasteiger partial charge in [0.25, 0.3) is 5.91 Å². The summed E-state index contributed by atoms with van der Waals surface area (Å²) >= 11 is 0. The van der Waals surface area contributed by atoms with E-state index >= 15 is 0 Å². The summed E-state index contributed by atoms with van der Waals surface area (Å²) in [6, 6.07) is 15.1. The lowest BCUT2D eigenvalue weighted by Crippen LogP contribution is -2.30. The number of carbonyl (C=O) groups excluding carboxylic acids is 1. The van der Waals surface area contributed by atoms with Crippen molar-refractivity contribution in [3.8, 4) is 22.8 Å². The molecule has 0 spiro atoms. The van der Waals surface area contributed by atoms with Crippen LogP contribution < -0.4 is 14.8 Å². The van der Waals surface area contributed by atoms with E-state index in [0.717, 1.165) is 11.3 Å². The first-order valence-electron chi connectivity index (χ1n) is 9.91. The van der Waals surface area contributed by atoms with Gasteiger partial charge >= 0.3 is 0 Å². The fourth-order valence-corrected chi connectivity index (χ4v) is 2.85. The SMILES string of the molecule is CCOc1ccc(-c2nonc2NC(=O)C(C)Oc2ccc(C(C)(C)C)cc2)cc1. The molecule has 0 aliphatic rings. The van der Waals surface area contributed by atoms with Crippen LogP contribution in [0.2, 0.25) is 0 Å². The van der Waals surface area contributed by atoms with Crippen LogP contribution in [0.15, 0.2) is 53.2 Å². The molecule has 3 aromatic rings. The molecule has 7 nitrogen and oxygen atoms in total. The lowest BCUT2D eigenvalue weighted by Gasteiger charge is -2.20. The normalized spacial score (nSPS) is 12.3. The zero-order valence-corrected chi connectivity index (χ0v) is 17.9. The van der Waals surface area contributed by atoms with Crippen LogP contribution in [0.3, 0.4) is 0 Å². The van der Waals surface area contributed by atoms with Crippen LogP contribution in [0, 0.1) is 0 Å². The molecule has 0 aliphatic carbocycles. The molecule has 1 heterocycles. The van der Waals surface area contributed by atoms with Gasteiger partial charge in [0.15, 0.2) is 11.8 Å². The molecule has 30 heavy (non-hydrogen) atoms. The quantitative estimate of drug-likeness (QED) is 0.601. The third-order valence-electron chi connectivity index (χ3n) is 4.57. The maximum atomic E-state index is 12.6. The van der Waals surface area contributed by atoms with Crippen molar-refractivity contribution in [1.29, 1.82) is 0 Å². The molecule has 0 fully saturated rings. The highest BCUT2D eigenvalue weighted by molar-refractivity contribution is 5.96. The largest absolute Gasteiger partial charge is 0.494 e. The number of carbonyl (C=O) groups is 1. The summed E-state index contributed by atoms with van der Waals surface area (Å²) in [6.45, 7) is 10.6. The Kier molecular flexibility index (Phi) is 6.40. The van der Waals surface area contributed by atoms with Gasteiger partial charge in [0.2, 0.25) is 5.82 Å². The summed E-state index contributed by atoms with van der Waals surface area (Å²) < 4.78 is 16.0. The summed E-state index contributed by atoms with van der Waals surface area (Å²) in [7, 11) is 0. The van der Waals surface area contributed by atoms with Crippen LogP contribution in [0.25, 0.3) is 11.3 Å². The maximum Gasteiger partial charge on any atom is 0.266 e. The number of amides is 1. The third kappa shape index (κ3) is 5.17. The standard InChI is InChI=1S/C23H27N3O4/c1-6-28-18-11-7-16(8-12-18)20-21(26-30-25-20)24-22(27)15(2)29-19-13-9-17(10-14-19)23(3,4)5/h7-15H,6H2,1-5H3,(H,24,26,27). The van der Waals surface area contributed by atoms with Crippen molar-refractivity contribution in [2.24, 2.45) is 0 Å². The lowest BCUT2D eigenvalue weighted by molar-refractivity contribution is -0.122. The molecule has 3 rings (SSSR count). The average molecular weight is 409 g/mol. The minimum Gasteiger partial charge on any atom is -0.494 e. The van der Waals surface area contributed by atoms with Crippen LogP contribution in [0.4, 0.5) is 5.82 Å². The van der Waals surface area contributed by atoms with Crippen molar-refractivity contribution in [1.82, 2.24) is 10.3 Å². The van der Waals surface area contributed by atoms with Crippen molar-refractivity contribution in [3.63, 3.8) is 0 Å². The smallest absolute Gasteiger partial charge is 0.266 e. The molecule has 0 radical (unpaired) electrons. The second kappa shape index (κ2) is 8.98. The van der Waals surface area contributed by atoms with Crippen LogP contribution >= 0.6 is 0 Å².